The van der Waals surface area contributed by atoms with Gasteiger partial charge in [-0.15, -0.1) is 0 Å². The van der Waals surface area contributed by atoms with Gasteiger partial charge in [0.1, 0.15) is 5.75 Å². The summed E-state index contributed by atoms with van der Waals surface area (Å²) >= 11 is 5.77. The van der Waals surface area contributed by atoms with Crippen molar-refractivity contribution in [3.8, 4) is 5.75 Å². The fraction of sp³-hybridized carbons (Fsp3) is 0.316. The number of rotatable bonds is 7. The first-order valence-corrected chi connectivity index (χ1v) is 8.46. The van der Waals surface area contributed by atoms with Crippen molar-refractivity contribution >= 4 is 17.6 Å². The Morgan fingerprint density at radius 2 is 1.70 bits per heavy atom. The minimum atomic E-state index is -4.71. The summed E-state index contributed by atoms with van der Waals surface area (Å²) in [5, 5.41) is 20.6. The van der Waals surface area contributed by atoms with Crippen LogP contribution in [-0.2, 0) is 10.4 Å². The summed E-state index contributed by atoms with van der Waals surface area (Å²) < 4.78 is 47.2. The highest BCUT2D eigenvalue weighted by molar-refractivity contribution is 6.30. The molecule has 0 aliphatic heterocycles. The molecule has 0 amide bonds. The van der Waals surface area contributed by atoms with Gasteiger partial charge in [-0.3, -0.25) is 0 Å². The molecule has 2 aromatic rings. The topological polar surface area (TPSA) is 69.6 Å². The summed E-state index contributed by atoms with van der Waals surface area (Å²) in [6, 6.07) is 10.4. The standard InChI is InChI=1S/C19H18ClF3O4/c1-2-18(19(21,22)23,13-5-7-14(20)8-6-13)27-15-9-3-12(4-10-15)16(24)11-17(25)26/h3-10,16,24H,2,11H2,1H3,(H,25,26)/p-1. The van der Waals surface area contributed by atoms with E-state index in [1.54, 1.807) is 0 Å². The van der Waals surface area contributed by atoms with E-state index in [0.29, 0.717) is 5.02 Å². The molecule has 2 atom stereocenters. The molecule has 0 fully saturated rings. The second kappa shape index (κ2) is 8.19. The van der Waals surface area contributed by atoms with E-state index in [1.165, 1.54) is 55.5 Å². The summed E-state index contributed by atoms with van der Waals surface area (Å²) in [5.74, 6) is -1.51. The lowest BCUT2D eigenvalue weighted by molar-refractivity contribution is -0.307. The predicted octanol–water partition coefficient (Wildman–Crippen LogP) is 3.76. The zero-order valence-electron chi connectivity index (χ0n) is 14.3. The van der Waals surface area contributed by atoms with Crippen LogP contribution in [0, 0.1) is 0 Å². The number of carbonyl (C=O) groups is 1. The smallest absolute Gasteiger partial charge is 0.432 e. The zero-order chi connectivity index (χ0) is 20.2. The van der Waals surface area contributed by atoms with Gasteiger partial charge in [-0.25, -0.2) is 0 Å². The van der Waals surface area contributed by atoms with Crippen LogP contribution in [0.5, 0.6) is 5.75 Å². The number of carboxylic acids is 1. The van der Waals surface area contributed by atoms with Crippen LogP contribution in [0.2, 0.25) is 5.02 Å². The van der Waals surface area contributed by atoms with E-state index in [0.717, 1.165) is 0 Å². The van der Waals surface area contributed by atoms with E-state index in [2.05, 4.69) is 0 Å². The number of hydrogen-bond donors (Lipinski definition) is 1. The van der Waals surface area contributed by atoms with E-state index in [9.17, 15) is 28.2 Å². The van der Waals surface area contributed by atoms with Gasteiger partial charge in [-0.1, -0.05) is 42.8 Å². The minimum Gasteiger partial charge on any atom is -0.550 e. The molecule has 0 heterocycles. The van der Waals surface area contributed by atoms with Crippen LogP contribution in [0.3, 0.4) is 0 Å². The van der Waals surface area contributed by atoms with Gasteiger partial charge in [0.05, 0.1) is 6.10 Å². The third kappa shape index (κ3) is 4.73. The van der Waals surface area contributed by atoms with Gasteiger partial charge in [-0.05, 0) is 36.2 Å². The van der Waals surface area contributed by atoms with Crippen molar-refractivity contribution in [3.63, 3.8) is 0 Å². The van der Waals surface area contributed by atoms with Gasteiger partial charge in [-0.2, -0.15) is 13.2 Å². The maximum atomic E-state index is 13.9. The SMILES string of the molecule is CCC(Oc1ccc(C(O)CC(=O)[O-])cc1)(c1ccc(Cl)cc1)C(F)(F)F. The van der Waals surface area contributed by atoms with Crippen LogP contribution in [0.1, 0.15) is 37.0 Å². The molecule has 2 unspecified atom stereocenters. The highest BCUT2D eigenvalue weighted by Gasteiger charge is 2.57. The van der Waals surface area contributed by atoms with Crippen molar-refractivity contribution in [2.45, 2.75) is 37.6 Å². The summed E-state index contributed by atoms with van der Waals surface area (Å²) in [5.41, 5.74) is -2.45. The maximum absolute atomic E-state index is 13.9. The number of carboxylic acid groups (broad SMARTS) is 1. The number of carbonyl (C=O) groups excluding carboxylic acids is 1. The molecule has 0 saturated heterocycles. The molecule has 0 aromatic heterocycles. The molecular formula is C19H17ClF3O4-. The number of benzene rings is 2. The number of alkyl halides is 3. The number of ether oxygens (including phenoxy) is 1. The van der Waals surface area contributed by atoms with E-state index >= 15 is 0 Å². The highest BCUT2D eigenvalue weighted by Crippen LogP contribution is 2.45. The van der Waals surface area contributed by atoms with Crippen LogP contribution in [0.25, 0.3) is 0 Å². The molecule has 146 valence electrons. The normalized spacial score (nSPS) is 15.0. The van der Waals surface area contributed by atoms with E-state index in [1.807, 2.05) is 0 Å². The first-order valence-electron chi connectivity index (χ1n) is 8.08. The average Bonchev–Trinajstić information content (AvgIpc) is 2.59. The molecule has 4 nitrogen and oxygen atoms in total. The first kappa shape index (κ1) is 21.1. The molecule has 1 N–H and O–H groups in total. The number of aliphatic hydroxyl groups is 1. The van der Waals surface area contributed by atoms with E-state index in [-0.39, 0.29) is 23.3 Å². The van der Waals surface area contributed by atoms with Crippen LogP contribution in [0.4, 0.5) is 13.2 Å². The van der Waals surface area contributed by atoms with E-state index < -0.39 is 30.3 Å². The summed E-state index contributed by atoms with van der Waals surface area (Å²) in [6.07, 6.45) is -7.03. The lowest BCUT2D eigenvalue weighted by Crippen LogP contribution is -2.47. The highest BCUT2D eigenvalue weighted by atomic mass is 35.5. The quantitative estimate of drug-likeness (QED) is 0.767. The average molecular weight is 402 g/mol. The van der Waals surface area contributed by atoms with Gasteiger partial charge in [0.15, 0.2) is 0 Å². The second-order valence-electron chi connectivity index (χ2n) is 5.95. The molecule has 2 aromatic carbocycles. The van der Waals surface area contributed by atoms with Crippen molar-refractivity contribution < 1.29 is 32.9 Å². The number of aliphatic carboxylic acids is 1. The van der Waals surface area contributed by atoms with Gasteiger partial charge in [0.2, 0.25) is 5.60 Å². The molecule has 0 bridgehead atoms. The molecule has 8 heteroatoms. The molecular weight excluding hydrogens is 385 g/mol. The predicted molar refractivity (Wildman–Crippen MR) is 91.1 cm³/mol. The fourth-order valence-electron chi connectivity index (χ4n) is 2.71. The largest absolute Gasteiger partial charge is 0.550 e. The zero-order valence-corrected chi connectivity index (χ0v) is 15.1. The van der Waals surface area contributed by atoms with Gasteiger partial charge >= 0.3 is 6.18 Å². The third-order valence-corrected chi connectivity index (χ3v) is 4.44. The lowest BCUT2D eigenvalue weighted by atomic mass is 9.90. The molecule has 0 radical (unpaired) electrons. The van der Waals surface area contributed by atoms with E-state index in [4.69, 9.17) is 16.3 Å². The summed E-state index contributed by atoms with van der Waals surface area (Å²) in [7, 11) is 0. The van der Waals surface area contributed by atoms with Crippen LogP contribution in [0.15, 0.2) is 48.5 Å². The van der Waals surface area contributed by atoms with Crippen molar-refractivity contribution in [1.29, 1.82) is 0 Å². The Morgan fingerprint density at radius 1 is 1.15 bits per heavy atom. The van der Waals surface area contributed by atoms with Crippen molar-refractivity contribution in [2.75, 3.05) is 0 Å². The Kier molecular flexibility index (Phi) is 6.38. The third-order valence-electron chi connectivity index (χ3n) is 4.18. The Hall–Kier alpha value is -2.25. The Bertz CT molecular complexity index is 775. The lowest BCUT2D eigenvalue weighted by Gasteiger charge is -2.36. The van der Waals surface area contributed by atoms with Crippen LogP contribution < -0.4 is 9.84 Å². The van der Waals surface area contributed by atoms with Gasteiger partial charge in [0.25, 0.3) is 0 Å². The summed E-state index contributed by atoms with van der Waals surface area (Å²) in [4.78, 5) is 10.5. The van der Waals surface area contributed by atoms with Crippen molar-refractivity contribution in [2.24, 2.45) is 0 Å². The van der Waals surface area contributed by atoms with Gasteiger partial charge < -0.3 is 19.7 Å². The monoisotopic (exact) mass is 401 g/mol. The Balaban J connectivity index is 2.36. The minimum absolute atomic E-state index is 0.0754. The van der Waals surface area contributed by atoms with Crippen LogP contribution in [-0.4, -0.2) is 17.3 Å². The maximum Gasteiger partial charge on any atom is 0.432 e. The van der Waals surface area contributed by atoms with Crippen LogP contribution >= 0.6 is 11.6 Å². The molecule has 0 aliphatic rings. The molecule has 0 aliphatic carbocycles. The number of hydrogen-bond acceptors (Lipinski definition) is 4. The first-order chi connectivity index (χ1) is 12.6. The van der Waals surface area contributed by atoms with Crippen molar-refractivity contribution in [3.05, 3.63) is 64.7 Å². The molecule has 2 rings (SSSR count). The number of halogens is 4. The number of aliphatic hydroxyl groups excluding tert-OH is 1. The molecule has 0 saturated carbocycles. The Labute approximate surface area is 159 Å². The molecule has 27 heavy (non-hydrogen) atoms. The molecule has 0 spiro atoms. The fourth-order valence-corrected chi connectivity index (χ4v) is 2.84. The summed E-state index contributed by atoms with van der Waals surface area (Å²) in [6.45, 7) is 1.36. The second-order valence-corrected chi connectivity index (χ2v) is 6.38. The van der Waals surface area contributed by atoms with Crippen molar-refractivity contribution in [1.82, 2.24) is 0 Å². The van der Waals surface area contributed by atoms with Gasteiger partial charge in [0, 0.05) is 23.0 Å². The Morgan fingerprint density at radius 3 is 2.15 bits per heavy atom.